The summed E-state index contributed by atoms with van der Waals surface area (Å²) < 4.78 is 45.4. The van der Waals surface area contributed by atoms with Crippen LogP contribution in [-0.4, -0.2) is 77.6 Å². The summed E-state index contributed by atoms with van der Waals surface area (Å²) in [5.74, 6) is -3.22. The second-order valence-corrected chi connectivity index (χ2v) is 8.34. The number of rotatable bonds is 5. The molecule has 7 nitrogen and oxygen atoms in total. The normalized spacial score (nSPS) is 17.2. The molecule has 11 heteroatoms. The quantitative estimate of drug-likeness (QED) is 0.489. The molecule has 1 aromatic carbocycles. The van der Waals surface area contributed by atoms with Crippen LogP contribution in [0.15, 0.2) is 24.3 Å². The summed E-state index contributed by atoms with van der Waals surface area (Å²) >= 11 is 0. The van der Waals surface area contributed by atoms with Gasteiger partial charge in [-0.15, -0.1) is 0 Å². The Labute approximate surface area is 196 Å². The van der Waals surface area contributed by atoms with Gasteiger partial charge in [0.1, 0.15) is 5.82 Å². The standard InChI is InChI=1S/C21H30FN3O2.C2HF3O2/c22-18-7-5-6-17(16-18)21(27)25(19-8-3-1-2-4-9-19)13-10-20(26)24-14-11-23-12-15-24;3-2(4,5)1(6)7/h5-7,16,19,23H,1-4,8-15H2;(H,6,7). The highest BCUT2D eigenvalue weighted by molar-refractivity contribution is 5.94. The van der Waals surface area contributed by atoms with Gasteiger partial charge in [0.15, 0.2) is 0 Å². The Kier molecular flexibility index (Phi) is 10.7. The molecule has 0 bridgehead atoms. The van der Waals surface area contributed by atoms with E-state index in [4.69, 9.17) is 9.90 Å². The third-order valence-electron chi connectivity index (χ3n) is 5.88. The lowest BCUT2D eigenvalue weighted by Gasteiger charge is -2.33. The summed E-state index contributed by atoms with van der Waals surface area (Å²) in [5.41, 5.74) is 0.369. The smallest absolute Gasteiger partial charge is 0.475 e. The molecular weight excluding hydrogens is 458 g/mol. The molecule has 3 rings (SSSR count). The topological polar surface area (TPSA) is 90.0 Å². The molecule has 0 spiro atoms. The monoisotopic (exact) mass is 489 g/mol. The van der Waals surface area contributed by atoms with E-state index >= 15 is 0 Å². The van der Waals surface area contributed by atoms with Crippen molar-refractivity contribution >= 4 is 17.8 Å². The van der Waals surface area contributed by atoms with E-state index in [1.165, 1.54) is 25.0 Å². The van der Waals surface area contributed by atoms with Gasteiger partial charge in [0.2, 0.25) is 5.91 Å². The number of benzene rings is 1. The van der Waals surface area contributed by atoms with E-state index in [9.17, 15) is 27.2 Å². The van der Waals surface area contributed by atoms with Crippen LogP contribution in [0.1, 0.15) is 55.3 Å². The number of nitrogens with zero attached hydrogens (tertiary/aromatic N) is 2. The molecule has 0 atom stereocenters. The van der Waals surface area contributed by atoms with Gasteiger partial charge in [-0.2, -0.15) is 13.2 Å². The second-order valence-electron chi connectivity index (χ2n) is 8.34. The first-order chi connectivity index (χ1) is 16.1. The van der Waals surface area contributed by atoms with Crippen molar-refractivity contribution in [2.24, 2.45) is 0 Å². The lowest BCUT2D eigenvalue weighted by atomic mass is 10.0. The van der Waals surface area contributed by atoms with Crippen molar-refractivity contribution in [3.05, 3.63) is 35.6 Å². The van der Waals surface area contributed by atoms with Gasteiger partial charge in [-0.1, -0.05) is 31.7 Å². The van der Waals surface area contributed by atoms with Gasteiger partial charge in [0.05, 0.1) is 0 Å². The summed E-state index contributed by atoms with van der Waals surface area (Å²) in [5, 5.41) is 10.4. The van der Waals surface area contributed by atoms with Gasteiger partial charge < -0.3 is 20.2 Å². The molecule has 0 aromatic heterocycles. The fraction of sp³-hybridized carbons (Fsp3) is 0.609. The molecule has 1 saturated heterocycles. The lowest BCUT2D eigenvalue weighted by Crippen LogP contribution is -2.48. The van der Waals surface area contributed by atoms with Crippen molar-refractivity contribution in [3.63, 3.8) is 0 Å². The van der Waals surface area contributed by atoms with Crippen molar-refractivity contribution < 1.29 is 37.1 Å². The molecule has 2 amide bonds. The predicted octanol–water partition coefficient (Wildman–Crippen LogP) is 3.45. The van der Waals surface area contributed by atoms with Crippen LogP contribution >= 0.6 is 0 Å². The molecule has 0 radical (unpaired) electrons. The van der Waals surface area contributed by atoms with Crippen molar-refractivity contribution in [1.82, 2.24) is 15.1 Å². The Hall–Kier alpha value is -2.69. The van der Waals surface area contributed by atoms with Crippen LogP contribution in [0.4, 0.5) is 17.6 Å². The highest BCUT2D eigenvalue weighted by Gasteiger charge is 2.38. The number of alkyl halides is 3. The maximum absolute atomic E-state index is 13.6. The summed E-state index contributed by atoms with van der Waals surface area (Å²) in [6, 6.07) is 6.01. The summed E-state index contributed by atoms with van der Waals surface area (Å²) in [6.07, 6.45) is 1.76. The molecule has 1 aromatic rings. The minimum absolute atomic E-state index is 0.0992. The molecule has 2 N–H and O–H groups in total. The average molecular weight is 490 g/mol. The number of aliphatic carboxylic acids is 1. The van der Waals surface area contributed by atoms with Crippen LogP contribution < -0.4 is 5.32 Å². The zero-order valence-corrected chi connectivity index (χ0v) is 19.0. The van der Waals surface area contributed by atoms with Crippen LogP contribution in [0.3, 0.4) is 0 Å². The zero-order chi connectivity index (χ0) is 25.1. The van der Waals surface area contributed by atoms with Crippen molar-refractivity contribution in [3.8, 4) is 0 Å². The first kappa shape index (κ1) is 27.6. The van der Waals surface area contributed by atoms with Gasteiger partial charge in [-0.3, -0.25) is 9.59 Å². The number of hydrogen-bond donors (Lipinski definition) is 2. The molecule has 1 aliphatic carbocycles. The highest BCUT2D eigenvalue weighted by Crippen LogP contribution is 2.24. The van der Waals surface area contributed by atoms with E-state index < -0.39 is 18.0 Å². The first-order valence-electron chi connectivity index (χ1n) is 11.4. The van der Waals surface area contributed by atoms with Gasteiger partial charge in [0.25, 0.3) is 5.91 Å². The number of halogens is 4. The van der Waals surface area contributed by atoms with Gasteiger partial charge in [-0.25, -0.2) is 9.18 Å². The Balaban J connectivity index is 0.000000509. The van der Waals surface area contributed by atoms with E-state index in [1.807, 2.05) is 9.80 Å². The molecule has 1 heterocycles. The van der Waals surface area contributed by atoms with E-state index in [0.29, 0.717) is 18.5 Å². The van der Waals surface area contributed by atoms with Crippen LogP contribution in [0.25, 0.3) is 0 Å². The van der Waals surface area contributed by atoms with Crippen molar-refractivity contribution in [2.75, 3.05) is 32.7 Å². The highest BCUT2D eigenvalue weighted by atomic mass is 19.4. The van der Waals surface area contributed by atoms with Crippen LogP contribution in [0, 0.1) is 5.82 Å². The van der Waals surface area contributed by atoms with E-state index in [1.54, 1.807) is 12.1 Å². The number of hydrogen-bond acceptors (Lipinski definition) is 4. The fourth-order valence-electron chi connectivity index (χ4n) is 4.10. The number of nitrogens with one attached hydrogen (secondary N) is 1. The van der Waals surface area contributed by atoms with E-state index in [2.05, 4.69) is 5.32 Å². The largest absolute Gasteiger partial charge is 0.490 e. The predicted molar refractivity (Wildman–Crippen MR) is 117 cm³/mol. The van der Waals surface area contributed by atoms with E-state index in [0.717, 1.165) is 51.9 Å². The molecule has 2 fully saturated rings. The van der Waals surface area contributed by atoms with Crippen LogP contribution in [0.5, 0.6) is 0 Å². The molecule has 1 saturated carbocycles. The minimum atomic E-state index is -5.08. The van der Waals surface area contributed by atoms with E-state index in [-0.39, 0.29) is 17.9 Å². The molecular formula is C23H31F4N3O4. The van der Waals surface area contributed by atoms with Gasteiger partial charge in [-0.05, 0) is 31.0 Å². The molecule has 0 unspecified atom stereocenters. The average Bonchev–Trinajstić information content (AvgIpc) is 3.09. The molecule has 2 aliphatic rings. The Morgan fingerprint density at radius 2 is 1.65 bits per heavy atom. The van der Waals surface area contributed by atoms with Gasteiger partial charge in [0, 0.05) is 50.7 Å². The SMILES string of the molecule is O=C(CCN(C(=O)c1cccc(F)c1)C1CCCCCC1)N1CCNCC1.O=C(O)C(F)(F)F. The number of carboxylic acids is 1. The summed E-state index contributed by atoms with van der Waals surface area (Å²) in [7, 11) is 0. The lowest BCUT2D eigenvalue weighted by molar-refractivity contribution is -0.192. The number of piperazine rings is 1. The number of amides is 2. The van der Waals surface area contributed by atoms with Crippen LogP contribution in [-0.2, 0) is 9.59 Å². The Bertz CT molecular complexity index is 821. The summed E-state index contributed by atoms with van der Waals surface area (Å²) in [4.78, 5) is 38.3. The Morgan fingerprint density at radius 1 is 1.06 bits per heavy atom. The van der Waals surface area contributed by atoms with Gasteiger partial charge >= 0.3 is 12.1 Å². The summed E-state index contributed by atoms with van der Waals surface area (Å²) in [6.45, 7) is 3.49. The molecule has 34 heavy (non-hydrogen) atoms. The molecule has 1 aliphatic heterocycles. The van der Waals surface area contributed by atoms with Crippen molar-refractivity contribution in [1.29, 1.82) is 0 Å². The number of carboxylic acid groups (broad SMARTS) is 1. The minimum Gasteiger partial charge on any atom is -0.475 e. The maximum Gasteiger partial charge on any atom is 0.490 e. The molecule has 190 valence electrons. The third kappa shape index (κ3) is 8.92. The first-order valence-corrected chi connectivity index (χ1v) is 11.4. The third-order valence-corrected chi connectivity index (χ3v) is 5.88. The number of carbonyl (C=O) groups is 3. The number of carbonyl (C=O) groups excluding carboxylic acids is 2. The zero-order valence-electron chi connectivity index (χ0n) is 19.0. The van der Waals surface area contributed by atoms with Crippen molar-refractivity contribution in [2.45, 2.75) is 57.2 Å². The second kappa shape index (κ2) is 13.3. The maximum atomic E-state index is 13.6. The fourth-order valence-corrected chi connectivity index (χ4v) is 4.10. The van der Waals surface area contributed by atoms with Crippen LogP contribution in [0.2, 0.25) is 0 Å². The Morgan fingerprint density at radius 3 is 2.18 bits per heavy atom.